The minimum absolute atomic E-state index is 0.0323. The minimum atomic E-state index is -0.445. The van der Waals surface area contributed by atoms with Gasteiger partial charge in [-0.05, 0) is 98.9 Å². The molecule has 7 nitrogen and oxygen atoms in total. The van der Waals surface area contributed by atoms with Crippen molar-refractivity contribution in [2.75, 3.05) is 12.3 Å². The first-order valence-electron chi connectivity index (χ1n) is 14.1. The Morgan fingerprint density at radius 3 is 2.40 bits per heavy atom. The average molecular weight is 548 g/mol. The van der Waals surface area contributed by atoms with Crippen LogP contribution >= 0.6 is 0 Å². The average Bonchev–Trinajstić information content (AvgIpc) is 3.44. The molecule has 0 unspecified atom stereocenters. The second kappa shape index (κ2) is 13.5. The van der Waals surface area contributed by atoms with Crippen LogP contribution in [-0.2, 0) is 16.0 Å². The van der Waals surface area contributed by atoms with Crippen molar-refractivity contribution in [3.8, 4) is 11.1 Å². The number of hydrogen-bond acceptors (Lipinski definition) is 6. The summed E-state index contributed by atoms with van der Waals surface area (Å²) in [6.07, 6.45) is 6.61. The number of ether oxygens (including phenoxy) is 1. The SMILES string of the molecule is CC(C)C[C@H](NCCCc1ccc(-c2cc(C(=O)c3ccc(F)cc3)c(N)[nH]c2=O)cc1)C(=O)OC1CCCC1. The number of nitrogen functional groups attached to an aromatic ring is 1. The highest BCUT2D eigenvalue weighted by atomic mass is 19.1. The Labute approximate surface area is 234 Å². The Morgan fingerprint density at radius 1 is 1.07 bits per heavy atom. The fraction of sp³-hybridized carbons (Fsp3) is 0.406. The smallest absolute Gasteiger partial charge is 0.323 e. The molecule has 1 aromatic heterocycles. The first kappa shape index (κ1) is 29.2. The van der Waals surface area contributed by atoms with Gasteiger partial charge in [-0.2, -0.15) is 0 Å². The van der Waals surface area contributed by atoms with E-state index in [1.165, 1.54) is 30.3 Å². The Balaban J connectivity index is 1.36. The number of halogens is 1. The molecule has 2 aromatic carbocycles. The van der Waals surface area contributed by atoms with E-state index in [2.05, 4.69) is 24.1 Å². The third-order valence-electron chi connectivity index (χ3n) is 7.30. The maximum absolute atomic E-state index is 13.3. The number of aromatic amines is 1. The number of aromatic nitrogens is 1. The van der Waals surface area contributed by atoms with Crippen molar-refractivity contribution in [1.82, 2.24) is 10.3 Å². The summed E-state index contributed by atoms with van der Waals surface area (Å²) in [6, 6.07) is 14.0. The fourth-order valence-electron chi connectivity index (χ4n) is 5.11. The fourth-order valence-corrected chi connectivity index (χ4v) is 5.11. The number of ketones is 1. The summed E-state index contributed by atoms with van der Waals surface area (Å²) < 4.78 is 19.0. The topological polar surface area (TPSA) is 114 Å². The van der Waals surface area contributed by atoms with E-state index in [1.807, 2.05) is 24.3 Å². The number of H-pyrrole nitrogens is 1. The number of carbonyl (C=O) groups excluding carboxylic acids is 2. The molecule has 1 atom stereocenters. The zero-order chi connectivity index (χ0) is 28.6. The number of benzene rings is 2. The van der Waals surface area contributed by atoms with E-state index in [9.17, 15) is 18.8 Å². The van der Waals surface area contributed by atoms with Gasteiger partial charge in [0.05, 0.1) is 5.56 Å². The quantitative estimate of drug-likeness (QED) is 0.159. The van der Waals surface area contributed by atoms with Crippen LogP contribution in [0.25, 0.3) is 11.1 Å². The zero-order valence-corrected chi connectivity index (χ0v) is 23.2. The number of esters is 1. The number of carbonyl (C=O) groups is 2. The maximum atomic E-state index is 13.3. The summed E-state index contributed by atoms with van der Waals surface area (Å²) >= 11 is 0. The molecule has 1 saturated carbocycles. The van der Waals surface area contributed by atoms with Crippen LogP contribution in [0.15, 0.2) is 59.4 Å². The maximum Gasteiger partial charge on any atom is 0.323 e. The molecule has 1 heterocycles. The van der Waals surface area contributed by atoms with Crippen LogP contribution in [0.3, 0.4) is 0 Å². The van der Waals surface area contributed by atoms with E-state index in [4.69, 9.17) is 10.5 Å². The van der Waals surface area contributed by atoms with E-state index in [0.29, 0.717) is 23.6 Å². The standard InChI is InChI=1S/C32H38FN3O4/c1-20(2)18-28(32(39)40-25-7-3-4-8-25)35-17-5-6-21-9-11-22(12-10-21)26-19-27(30(34)36-31(26)38)29(37)23-13-15-24(33)16-14-23/h9-16,19-20,25,28,35H,3-8,17-18H2,1-2H3,(H3,34,36,38)/t28-/m0/s1. The summed E-state index contributed by atoms with van der Waals surface area (Å²) in [5.41, 5.74) is 8.05. The molecule has 0 aliphatic heterocycles. The second-order valence-electron chi connectivity index (χ2n) is 11.0. The molecule has 4 N–H and O–H groups in total. The number of pyridine rings is 1. The van der Waals surface area contributed by atoms with Crippen LogP contribution in [0, 0.1) is 11.7 Å². The number of anilines is 1. The second-order valence-corrected chi connectivity index (χ2v) is 11.0. The Kier molecular flexibility index (Phi) is 9.88. The van der Waals surface area contributed by atoms with Gasteiger partial charge in [-0.15, -0.1) is 0 Å². The summed E-state index contributed by atoms with van der Waals surface area (Å²) in [7, 11) is 0. The van der Waals surface area contributed by atoms with Crippen LogP contribution in [0.5, 0.6) is 0 Å². The van der Waals surface area contributed by atoms with Crippen LogP contribution in [0.4, 0.5) is 10.2 Å². The van der Waals surface area contributed by atoms with Gasteiger partial charge in [0.2, 0.25) is 0 Å². The highest BCUT2D eigenvalue weighted by Gasteiger charge is 2.26. The molecule has 0 radical (unpaired) electrons. The van der Waals surface area contributed by atoms with E-state index in [0.717, 1.165) is 50.5 Å². The lowest BCUT2D eigenvalue weighted by molar-refractivity contribution is -0.151. The van der Waals surface area contributed by atoms with E-state index in [-0.39, 0.29) is 35.1 Å². The molecule has 1 aliphatic carbocycles. The van der Waals surface area contributed by atoms with Crippen molar-refractivity contribution < 1.29 is 18.7 Å². The Hall–Kier alpha value is -3.78. The molecular formula is C32H38FN3O4. The highest BCUT2D eigenvalue weighted by molar-refractivity contribution is 6.12. The number of aryl methyl sites for hydroxylation is 1. The van der Waals surface area contributed by atoms with Gasteiger partial charge in [0, 0.05) is 11.1 Å². The molecule has 40 heavy (non-hydrogen) atoms. The molecule has 0 amide bonds. The van der Waals surface area contributed by atoms with Gasteiger partial charge in [0.1, 0.15) is 23.8 Å². The van der Waals surface area contributed by atoms with Crippen molar-refractivity contribution in [3.05, 3.63) is 87.5 Å². The minimum Gasteiger partial charge on any atom is -0.461 e. The molecular weight excluding hydrogens is 509 g/mol. The van der Waals surface area contributed by atoms with Gasteiger partial charge in [0.15, 0.2) is 5.78 Å². The molecule has 0 spiro atoms. The predicted octanol–water partition coefficient (Wildman–Crippen LogP) is 5.42. The molecule has 0 saturated heterocycles. The number of rotatable bonds is 12. The molecule has 1 aliphatic rings. The lowest BCUT2D eigenvalue weighted by atomic mass is 9.98. The van der Waals surface area contributed by atoms with Crippen LogP contribution < -0.4 is 16.6 Å². The van der Waals surface area contributed by atoms with Crippen molar-refractivity contribution in [1.29, 1.82) is 0 Å². The number of nitrogens with two attached hydrogens (primary N) is 1. The first-order valence-corrected chi connectivity index (χ1v) is 14.1. The predicted molar refractivity (Wildman–Crippen MR) is 155 cm³/mol. The number of hydrogen-bond donors (Lipinski definition) is 3. The summed E-state index contributed by atoms with van der Waals surface area (Å²) in [4.78, 5) is 40.9. The van der Waals surface area contributed by atoms with Gasteiger partial charge in [0.25, 0.3) is 5.56 Å². The summed E-state index contributed by atoms with van der Waals surface area (Å²) in [6.45, 7) is 4.89. The third-order valence-corrected chi connectivity index (χ3v) is 7.30. The van der Waals surface area contributed by atoms with Crippen molar-refractivity contribution in [3.63, 3.8) is 0 Å². The lowest BCUT2D eigenvalue weighted by Crippen LogP contribution is -2.41. The molecule has 4 rings (SSSR count). The van der Waals surface area contributed by atoms with Crippen molar-refractivity contribution in [2.45, 2.75) is 70.9 Å². The Bertz CT molecular complexity index is 1360. The normalized spacial score (nSPS) is 14.4. The Morgan fingerprint density at radius 2 is 1.75 bits per heavy atom. The molecule has 3 aromatic rings. The first-order chi connectivity index (χ1) is 19.2. The summed E-state index contributed by atoms with van der Waals surface area (Å²) in [5, 5.41) is 3.39. The van der Waals surface area contributed by atoms with E-state index in [1.54, 1.807) is 0 Å². The van der Waals surface area contributed by atoms with Gasteiger partial charge >= 0.3 is 5.97 Å². The van der Waals surface area contributed by atoms with Gasteiger partial charge in [-0.25, -0.2) is 4.39 Å². The largest absolute Gasteiger partial charge is 0.461 e. The van der Waals surface area contributed by atoms with Crippen LogP contribution in [0.1, 0.15) is 73.9 Å². The van der Waals surface area contributed by atoms with E-state index >= 15 is 0 Å². The molecule has 8 heteroatoms. The highest BCUT2D eigenvalue weighted by Crippen LogP contribution is 2.23. The van der Waals surface area contributed by atoms with Gasteiger partial charge in [-0.1, -0.05) is 38.1 Å². The summed E-state index contributed by atoms with van der Waals surface area (Å²) in [5.74, 6) is -0.642. The van der Waals surface area contributed by atoms with Crippen LogP contribution in [-0.4, -0.2) is 35.4 Å². The van der Waals surface area contributed by atoms with Gasteiger partial charge < -0.3 is 20.8 Å². The molecule has 212 valence electrons. The molecule has 1 fully saturated rings. The zero-order valence-electron chi connectivity index (χ0n) is 23.2. The van der Waals surface area contributed by atoms with Crippen LogP contribution in [0.2, 0.25) is 0 Å². The third kappa shape index (κ3) is 7.66. The van der Waals surface area contributed by atoms with Crippen molar-refractivity contribution >= 4 is 17.6 Å². The van der Waals surface area contributed by atoms with E-state index < -0.39 is 17.2 Å². The van der Waals surface area contributed by atoms with Gasteiger partial charge in [-0.3, -0.25) is 14.4 Å². The molecule has 0 bridgehead atoms. The van der Waals surface area contributed by atoms with Crippen molar-refractivity contribution in [2.24, 2.45) is 5.92 Å². The monoisotopic (exact) mass is 547 g/mol. The lowest BCUT2D eigenvalue weighted by Gasteiger charge is -2.21. The number of nitrogens with one attached hydrogen (secondary N) is 2.